The Hall–Kier alpha value is -1.84. The number of carbonyl (C=O) groups excluding carboxylic acids is 2. The van der Waals surface area contributed by atoms with Crippen molar-refractivity contribution in [2.24, 2.45) is 29.1 Å². The third kappa shape index (κ3) is 6.89. The molecule has 4 nitrogen and oxygen atoms in total. The number of esters is 2. The lowest BCUT2D eigenvalue weighted by Gasteiger charge is -2.44. The first-order valence-electron chi connectivity index (χ1n) is 13.9. The molecule has 6 atom stereocenters. The van der Waals surface area contributed by atoms with Crippen molar-refractivity contribution in [3.63, 3.8) is 0 Å². The van der Waals surface area contributed by atoms with Crippen molar-refractivity contribution in [1.29, 1.82) is 0 Å². The van der Waals surface area contributed by atoms with Crippen molar-refractivity contribution in [2.45, 2.75) is 118 Å². The minimum atomic E-state index is -0.436. The van der Waals surface area contributed by atoms with Crippen LogP contribution in [0.2, 0.25) is 0 Å². The SMILES string of the molecule is C=C1/C(=C\C=C2/CCC[C@]3(C)[C@@H]([C@H](C)CCCC(C)C)CC[C@@H]23)C[C@@H](OC(C)=O)C[C@@H]1OC(C)=O. The first kappa shape index (κ1) is 27.7. The van der Waals surface area contributed by atoms with Crippen LogP contribution in [-0.4, -0.2) is 24.1 Å². The fourth-order valence-corrected chi connectivity index (χ4v) is 7.34. The Kier molecular flexibility index (Phi) is 9.46. The number of fused-ring (bicyclic) bond motifs is 1. The second-order valence-electron chi connectivity index (χ2n) is 12.1. The Bertz CT molecular complexity index is 850. The molecule has 196 valence electrons. The molecule has 0 aliphatic heterocycles. The van der Waals surface area contributed by atoms with Crippen LogP contribution in [0.4, 0.5) is 0 Å². The van der Waals surface area contributed by atoms with E-state index in [1.54, 1.807) is 5.57 Å². The zero-order chi connectivity index (χ0) is 25.8. The highest BCUT2D eigenvalue weighted by molar-refractivity contribution is 5.67. The van der Waals surface area contributed by atoms with Crippen molar-refractivity contribution in [3.8, 4) is 0 Å². The molecule has 3 fully saturated rings. The van der Waals surface area contributed by atoms with E-state index in [1.165, 1.54) is 58.8 Å². The number of hydrogen-bond acceptors (Lipinski definition) is 4. The second-order valence-corrected chi connectivity index (χ2v) is 12.1. The third-order valence-electron chi connectivity index (χ3n) is 9.03. The predicted octanol–water partition coefficient (Wildman–Crippen LogP) is 7.73. The van der Waals surface area contributed by atoms with Gasteiger partial charge < -0.3 is 9.47 Å². The summed E-state index contributed by atoms with van der Waals surface area (Å²) in [5.74, 6) is 2.40. The van der Waals surface area contributed by atoms with E-state index in [9.17, 15) is 9.59 Å². The van der Waals surface area contributed by atoms with Gasteiger partial charge in [0.05, 0.1) is 0 Å². The summed E-state index contributed by atoms with van der Waals surface area (Å²) in [7, 11) is 0. The Balaban J connectivity index is 1.76. The van der Waals surface area contributed by atoms with Gasteiger partial charge in [0.2, 0.25) is 0 Å². The highest BCUT2D eigenvalue weighted by Gasteiger charge is 2.50. The van der Waals surface area contributed by atoms with Crippen molar-refractivity contribution < 1.29 is 19.1 Å². The number of allylic oxidation sites excluding steroid dienone is 3. The maximum Gasteiger partial charge on any atom is 0.303 e. The molecule has 0 aromatic carbocycles. The monoisotopic (exact) mass is 484 g/mol. The lowest BCUT2D eigenvalue weighted by molar-refractivity contribution is -0.152. The van der Waals surface area contributed by atoms with Gasteiger partial charge in [-0.3, -0.25) is 9.59 Å². The molecule has 0 bridgehead atoms. The highest BCUT2D eigenvalue weighted by atomic mass is 16.6. The van der Waals surface area contributed by atoms with Crippen LogP contribution in [0.1, 0.15) is 106 Å². The van der Waals surface area contributed by atoms with Gasteiger partial charge in [-0.05, 0) is 72.3 Å². The summed E-state index contributed by atoms with van der Waals surface area (Å²) in [5, 5.41) is 0. The van der Waals surface area contributed by atoms with Crippen molar-refractivity contribution >= 4 is 11.9 Å². The van der Waals surface area contributed by atoms with E-state index < -0.39 is 6.10 Å². The Morgan fingerprint density at radius 3 is 2.46 bits per heavy atom. The van der Waals surface area contributed by atoms with E-state index in [4.69, 9.17) is 9.47 Å². The predicted molar refractivity (Wildman–Crippen MR) is 142 cm³/mol. The molecule has 0 unspecified atom stereocenters. The van der Waals surface area contributed by atoms with Crippen molar-refractivity contribution in [3.05, 3.63) is 35.5 Å². The van der Waals surface area contributed by atoms with Gasteiger partial charge in [0.1, 0.15) is 12.2 Å². The van der Waals surface area contributed by atoms with Gasteiger partial charge in [0, 0.05) is 26.7 Å². The molecule has 4 heteroatoms. The van der Waals surface area contributed by atoms with Crippen LogP contribution in [0.3, 0.4) is 0 Å². The average Bonchev–Trinajstić information content (AvgIpc) is 3.11. The molecule has 35 heavy (non-hydrogen) atoms. The van der Waals surface area contributed by atoms with Gasteiger partial charge in [-0.1, -0.05) is 71.3 Å². The number of rotatable bonds is 8. The molecule has 0 heterocycles. The highest BCUT2D eigenvalue weighted by Crippen LogP contribution is 2.60. The number of hydrogen-bond donors (Lipinski definition) is 0. The van der Waals surface area contributed by atoms with Gasteiger partial charge in [-0.25, -0.2) is 0 Å². The second kappa shape index (κ2) is 11.9. The largest absolute Gasteiger partial charge is 0.462 e. The van der Waals surface area contributed by atoms with Crippen LogP contribution in [-0.2, 0) is 19.1 Å². The van der Waals surface area contributed by atoms with Crippen LogP contribution in [0.25, 0.3) is 0 Å². The van der Waals surface area contributed by atoms with E-state index in [0.717, 1.165) is 35.3 Å². The molecular weight excluding hydrogens is 436 g/mol. The van der Waals surface area contributed by atoms with E-state index in [2.05, 4.69) is 46.4 Å². The van der Waals surface area contributed by atoms with Gasteiger partial charge in [0.15, 0.2) is 0 Å². The first-order valence-corrected chi connectivity index (χ1v) is 13.9. The summed E-state index contributed by atoms with van der Waals surface area (Å²) >= 11 is 0. The van der Waals surface area contributed by atoms with E-state index >= 15 is 0 Å². The van der Waals surface area contributed by atoms with Crippen LogP contribution < -0.4 is 0 Å². The molecule has 0 radical (unpaired) electrons. The van der Waals surface area contributed by atoms with Crippen LogP contribution in [0.5, 0.6) is 0 Å². The minimum absolute atomic E-state index is 0.286. The number of ether oxygens (including phenoxy) is 2. The fraction of sp³-hybridized carbons (Fsp3) is 0.742. The average molecular weight is 485 g/mol. The molecular formula is C31H48O4. The standard InChI is InChI=1S/C31H48O4/c1-20(2)10-8-11-21(3)28-15-16-29-25(12-9-17-31(28,29)7)13-14-26-18-27(34-23(5)32)19-30(22(26)4)35-24(6)33/h13-14,20-21,27-30H,4,8-12,15-19H2,1-3,5-7H3/b25-13+,26-14-/t21-,27-,28-,29+,30+,31-/m1/s1. The maximum atomic E-state index is 11.6. The molecule has 3 aliphatic carbocycles. The van der Waals surface area contributed by atoms with Gasteiger partial charge in [0.25, 0.3) is 0 Å². The fourth-order valence-electron chi connectivity index (χ4n) is 7.34. The van der Waals surface area contributed by atoms with E-state index in [0.29, 0.717) is 24.2 Å². The molecule has 0 saturated heterocycles. The molecule has 0 N–H and O–H groups in total. The molecule has 0 aromatic heterocycles. The van der Waals surface area contributed by atoms with Crippen molar-refractivity contribution in [1.82, 2.24) is 0 Å². The van der Waals surface area contributed by atoms with Crippen molar-refractivity contribution in [2.75, 3.05) is 0 Å². The molecule has 3 rings (SSSR count). The van der Waals surface area contributed by atoms with E-state index in [-0.39, 0.29) is 18.0 Å². The topological polar surface area (TPSA) is 52.6 Å². The van der Waals surface area contributed by atoms with Crippen LogP contribution in [0, 0.1) is 29.1 Å². The molecule has 3 aliphatic rings. The lowest BCUT2D eigenvalue weighted by Crippen LogP contribution is -2.36. The quantitative estimate of drug-likeness (QED) is 0.331. The molecule has 3 saturated carbocycles. The third-order valence-corrected chi connectivity index (χ3v) is 9.03. The zero-order valence-electron chi connectivity index (χ0n) is 23.0. The summed E-state index contributed by atoms with van der Waals surface area (Å²) < 4.78 is 11.0. The Labute approximate surface area is 213 Å². The van der Waals surface area contributed by atoms with Crippen LogP contribution in [0.15, 0.2) is 35.5 Å². The summed E-state index contributed by atoms with van der Waals surface area (Å²) in [6, 6.07) is 0. The van der Waals surface area contributed by atoms with Gasteiger partial charge >= 0.3 is 11.9 Å². The number of carbonyl (C=O) groups is 2. The summed E-state index contributed by atoms with van der Waals surface area (Å²) in [5.41, 5.74) is 3.83. The Morgan fingerprint density at radius 1 is 1.09 bits per heavy atom. The minimum Gasteiger partial charge on any atom is -0.462 e. The molecule has 0 amide bonds. The maximum absolute atomic E-state index is 11.6. The molecule has 0 aromatic rings. The lowest BCUT2D eigenvalue weighted by atomic mass is 9.60. The van der Waals surface area contributed by atoms with Crippen LogP contribution >= 0.6 is 0 Å². The van der Waals surface area contributed by atoms with Gasteiger partial charge in [-0.2, -0.15) is 0 Å². The summed E-state index contributed by atoms with van der Waals surface area (Å²) in [6.07, 6.45) is 15.3. The van der Waals surface area contributed by atoms with E-state index in [1.807, 2.05) is 0 Å². The normalized spacial score (nSPS) is 34.2. The summed E-state index contributed by atoms with van der Waals surface area (Å²) in [6.45, 7) is 16.8. The molecule has 0 spiro atoms. The van der Waals surface area contributed by atoms with Gasteiger partial charge in [-0.15, -0.1) is 0 Å². The first-order chi connectivity index (χ1) is 16.5. The smallest absolute Gasteiger partial charge is 0.303 e. The Morgan fingerprint density at radius 2 is 1.80 bits per heavy atom. The summed E-state index contributed by atoms with van der Waals surface area (Å²) in [4.78, 5) is 23.2. The zero-order valence-corrected chi connectivity index (χ0v) is 23.0.